The molecule has 24 heavy (non-hydrogen) atoms. The lowest BCUT2D eigenvalue weighted by molar-refractivity contribution is -0.137. The van der Waals surface area contributed by atoms with Crippen LogP contribution >= 0.6 is 46.4 Å². The highest BCUT2D eigenvalue weighted by molar-refractivity contribution is 6.45. The van der Waals surface area contributed by atoms with Crippen LogP contribution in [0.1, 0.15) is 11.1 Å². The van der Waals surface area contributed by atoms with Crippen LogP contribution < -0.4 is 4.74 Å². The van der Waals surface area contributed by atoms with Crippen molar-refractivity contribution in [1.29, 1.82) is 5.26 Å². The summed E-state index contributed by atoms with van der Waals surface area (Å²) in [7, 11) is 0. The van der Waals surface area contributed by atoms with Gasteiger partial charge in [-0.15, -0.1) is 0 Å². The van der Waals surface area contributed by atoms with Crippen molar-refractivity contribution in [2.45, 2.75) is 12.6 Å². The summed E-state index contributed by atoms with van der Waals surface area (Å²) in [6.45, 7) is 0. The molecular weight excluding hydrogens is 409 g/mol. The molecule has 0 unspecified atom stereocenters. The highest BCUT2D eigenvalue weighted by Gasteiger charge is 2.36. The number of benzene rings is 2. The summed E-state index contributed by atoms with van der Waals surface area (Å²) in [4.78, 5) is 0. The Labute approximate surface area is 155 Å². The number of hydrogen-bond donors (Lipinski definition) is 0. The summed E-state index contributed by atoms with van der Waals surface area (Å²) < 4.78 is 44.0. The van der Waals surface area contributed by atoms with Gasteiger partial charge in [0.25, 0.3) is 0 Å². The van der Waals surface area contributed by atoms with Crippen LogP contribution in [0.3, 0.4) is 0 Å². The molecule has 0 aliphatic rings. The lowest BCUT2D eigenvalue weighted by Crippen LogP contribution is -2.06. The van der Waals surface area contributed by atoms with Gasteiger partial charge in [0.1, 0.15) is 10.8 Å². The third-order valence-electron chi connectivity index (χ3n) is 2.93. The molecule has 126 valence electrons. The lowest BCUT2D eigenvalue weighted by Gasteiger charge is -2.16. The van der Waals surface area contributed by atoms with Crippen LogP contribution in [-0.2, 0) is 12.6 Å². The minimum absolute atomic E-state index is 0.0330. The molecule has 0 aromatic heterocycles. The SMILES string of the molecule is N#CCc1cc(Oc2c(Cl)cc(C(F)(F)F)c(Cl)c2Cl)ccc1Cl. The van der Waals surface area contributed by atoms with Gasteiger partial charge >= 0.3 is 6.18 Å². The predicted octanol–water partition coefficient (Wildman–Crippen LogP) is 7.18. The van der Waals surface area contributed by atoms with Crippen molar-refractivity contribution in [2.75, 3.05) is 0 Å². The van der Waals surface area contributed by atoms with Crippen molar-refractivity contribution in [3.63, 3.8) is 0 Å². The molecule has 0 aliphatic heterocycles. The standard InChI is InChI=1S/C15H6Cl4F3NO/c16-10-2-1-8(5-7(10)3-4-23)24-14-11(17)6-9(15(20,21)22)12(18)13(14)19/h1-2,5-6H,3H2. The molecule has 2 rings (SSSR count). The Hall–Kier alpha value is -1.32. The Morgan fingerprint density at radius 3 is 2.25 bits per heavy atom. The normalized spacial score (nSPS) is 11.2. The molecule has 2 aromatic carbocycles. The van der Waals surface area contributed by atoms with Crippen LogP contribution in [0.4, 0.5) is 13.2 Å². The average molecular weight is 415 g/mol. The molecule has 0 spiro atoms. The quantitative estimate of drug-likeness (QED) is 0.498. The van der Waals surface area contributed by atoms with E-state index in [9.17, 15) is 13.2 Å². The predicted molar refractivity (Wildman–Crippen MR) is 87.3 cm³/mol. The first kappa shape index (κ1) is 19.0. The van der Waals surface area contributed by atoms with Gasteiger partial charge in [-0.1, -0.05) is 46.4 Å². The fraction of sp³-hybridized carbons (Fsp3) is 0.133. The van der Waals surface area contributed by atoms with Gasteiger partial charge in [-0.2, -0.15) is 18.4 Å². The summed E-state index contributed by atoms with van der Waals surface area (Å²) in [5, 5.41) is 7.56. The number of ether oxygens (including phenoxy) is 1. The summed E-state index contributed by atoms with van der Waals surface area (Å²) in [6, 6.07) is 6.97. The van der Waals surface area contributed by atoms with Crippen LogP contribution in [0.15, 0.2) is 24.3 Å². The monoisotopic (exact) mass is 413 g/mol. The van der Waals surface area contributed by atoms with E-state index >= 15 is 0 Å². The molecular formula is C15H6Cl4F3NO. The Morgan fingerprint density at radius 2 is 1.67 bits per heavy atom. The second kappa shape index (κ2) is 7.28. The maximum absolute atomic E-state index is 12.9. The molecule has 0 radical (unpaired) electrons. The fourth-order valence-electron chi connectivity index (χ4n) is 1.83. The van der Waals surface area contributed by atoms with Crippen molar-refractivity contribution < 1.29 is 17.9 Å². The molecule has 0 saturated carbocycles. The maximum atomic E-state index is 12.9. The van der Waals surface area contributed by atoms with Crippen LogP contribution in [0, 0.1) is 11.3 Å². The largest absolute Gasteiger partial charge is 0.454 e. The van der Waals surface area contributed by atoms with Gasteiger partial charge in [-0.05, 0) is 29.8 Å². The number of nitrogens with zero attached hydrogens (tertiary/aromatic N) is 1. The van der Waals surface area contributed by atoms with E-state index in [4.69, 9.17) is 56.4 Å². The van der Waals surface area contributed by atoms with Gasteiger partial charge < -0.3 is 4.74 Å². The third-order valence-corrected chi connectivity index (χ3v) is 4.43. The Morgan fingerprint density at radius 1 is 1.00 bits per heavy atom. The topological polar surface area (TPSA) is 33.0 Å². The van der Waals surface area contributed by atoms with E-state index in [1.54, 1.807) is 0 Å². The number of halogens is 7. The molecule has 0 aliphatic carbocycles. The maximum Gasteiger partial charge on any atom is 0.417 e. The van der Waals surface area contributed by atoms with E-state index < -0.39 is 21.8 Å². The van der Waals surface area contributed by atoms with Crippen LogP contribution in [0.25, 0.3) is 0 Å². The molecule has 2 nitrogen and oxygen atoms in total. The van der Waals surface area contributed by atoms with Crippen molar-refractivity contribution in [2.24, 2.45) is 0 Å². The van der Waals surface area contributed by atoms with E-state index in [1.807, 2.05) is 6.07 Å². The van der Waals surface area contributed by atoms with Crippen LogP contribution in [-0.4, -0.2) is 0 Å². The van der Waals surface area contributed by atoms with Gasteiger partial charge in [-0.3, -0.25) is 0 Å². The van der Waals surface area contributed by atoms with E-state index in [0.717, 1.165) is 0 Å². The van der Waals surface area contributed by atoms with Crippen molar-refractivity contribution in [3.05, 3.63) is 55.5 Å². The zero-order chi connectivity index (χ0) is 18.1. The van der Waals surface area contributed by atoms with Crippen molar-refractivity contribution >= 4 is 46.4 Å². The Balaban J connectivity index is 2.46. The van der Waals surface area contributed by atoms with Crippen molar-refractivity contribution in [1.82, 2.24) is 0 Å². The summed E-state index contributed by atoms with van der Waals surface area (Å²) >= 11 is 23.3. The van der Waals surface area contributed by atoms with Gasteiger partial charge in [0.15, 0.2) is 5.75 Å². The van der Waals surface area contributed by atoms with Gasteiger partial charge in [0.05, 0.1) is 28.1 Å². The average Bonchev–Trinajstić information content (AvgIpc) is 2.49. The first-order valence-electron chi connectivity index (χ1n) is 6.23. The summed E-state index contributed by atoms with van der Waals surface area (Å²) in [5.41, 5.74) is -0.672. The highest BCUT2D eigenvalue weighted by atomic mass is 35.5. The molecule has 0 N–H and O–H groups in total. The van der Waals surface area contributed by atoms with E-state index in [0.29, 0.717) is 16.7 Å². The molecule has 9 heteroatoms. The summed E-state index contributed by atoms with van der Waals surface area (Å²) in [5.74, 6) is -0.0224. The molecule has 0 bridgehead atoms. The smallest absolute Gasteiger partial charge is 0.417 e. The number of alkyl halides is 3. The fourth-order valence-corrected chi connectivity index (χ4v) is 2.80. The first-order valence-corrected chi connectivity index (χ1v) is 7.74. The summed E-state index contributed by atoms with van der Waals surface area (Å²) in [6.07, 6.45) is -4.67. The second-order valence-corrected chi connectivity index (χ2v) is 6.12. The van der Waals surface area contributed by atoms with Crippen LogP contribution in [0.5, 0.6) is 11.5 Å². The zero-order valence-corrected chi connectivity index (χ0v) is 14.5. The van der Waals surface area contributed by atoms with E-state index in [1.165, 1.54) is 18.2 Å². The Bertz CT molecular complexity index is 831. The highest BCUT2D eigenvalue weighted by Crippen LogP contribution is 2.47. The van der Waals surface area contributed by atoms with Crippen molar-refractivity contribution in [3.8, 4) is 17.6 Å². The molecule has 0 atom stereocenters. The number of rotatable bonds is 3. The minimum Gasteiger partial charge on any atom is -0.454 e. The number of hydrogen-bond acceptors (Lipinski definition) is 2. The zero-order valence-electron chi connectivity index (χ0n) is 11.5. The van der Waals surface area contributed by atoms with Gasteiger partial charge in [-0.25, -0.2) is 0 Å². The van der Waals surface area contributed by atoms with E-state index in [-0.39, 0.29) is 22.9 Å². The van der Waals surface area contributed by atoms with Gasteiger partial charge in [0.2, 0.25) is 0 Å². The van der Waals surface area contributed by atoms with Gasteiger partial charge in [0, 0.05) is 5.02 Å². The molecule has 2 aromatic rings. The number of nitriles is 1. The molecule has 0 saturated heterocycles. The first-order chi connectivity index (χ1) is 11.1. The third kappa shape index (κ3) is 4.01. The van der Waals surface area contributed by atoms with Crippen LogP contribution in [0.2, 0.25) is 20.1 Å². The molecule has 0 amide bonds. The molecule has 0 fully saturated rings. The van der Waals surface area contributed by atoms with E-state index in [2.05, 4.69) is 0 Å². The lowest BCUT2D eigenvalue weighted by atomic mass is 10.1. The minimum atomic E-state index is -4.71. The molecule has 0 heterocycles. The Kier molecular flexibility index (Phi) is 5.77. The second-order valence-electron chi connectivity index (χ2n) is 4.55.